The first-order chi connectivity index (χ1) is 13.0. The number of Topliss-reactive ketones (excluding diaryl/α,β-unsaturated/α-hetero) is 2. The van der Waals surface area contributed by atoms with Crippen molar-refractivity contribution in [3.63, 3.8) is 0 Å². The molecule has 2 aromatic carbocycles. The first kappa shape index (κ1) is 18.6. The summed E-state index contributed by atoms with van der Waals surface area (Å²) in [6, 6.07) is 10.7. The highest BCUT2D eigenvalue weighted by molar-refractivity contribution is 6.56. The molecule has 27 heavy (non-hydrogen) atoms. The lowest BCUT2D eigenvalue weighted by molar-refractivity contribution is -0.116. The number of amides is 1. The Morgan fingerprint density at radius 1 is 1.11 bits per heavy atom. The predicted molar refractivity (Wildman–Crippen MR) is 101 cm³/mol. The van der Waals surface area contributed by atoms with Crippen LogP contribution in [0.3, 0.4) is 0 Å². The molecule has 0 radical (unpaired) electrons. The molecule has 0 spiro atoms. The fourth-order valence-corrected chi connectivity index (χ4v) is 3.20. The van der Waals surface area contributed by atoms with Gasteiger partial charge in [0.15, 0.2) is 5.78 Å². The predicted octanol–water partition coefficient (Wildman–Crippen LogP) is 3.48. The molecule has 0 bridgehead atoms. The molecule has 1 aliphatic carbocycles. The maximum absolute atomic E-state index is 13.8. The van der Waals surface area contributed by atoms with Gasteiger partial charge in [-0.3, -0.25) is 24.3 Å². The van der Waals surface area contributed by atoms with E-state index in [1.807, 2.05) is 6.92 Å². The zero-order valence-corrected chi connectivity index (χ0v) is 15.1. The van der Waals surface area contributed by atoms with Gasteiger partial charge in [-0.2, -0.15) is 0 Å². The van der Waals surface area contributed by atoms with Crippen LogP contribution in [0.1, 0.15) is 41.0 Å². The topological polar surface area (TPSA) is 66.8 Å². The maximum atomic E-state index is 13.8. The molecule has 0 N–H and O–H groups in total. The van der Waals surface area contributed by atoms with E-state index in [0.717, 1.165) is 11.0 Å². The van der Waals surface area contributed by atoms with Crippen molar-refractivity contribution in [2.24, 2.45) is 4.99 Å². The Balaban J connectivity index is 2.21. The fraction of sp³-hybridized carbons (Fsp3) is 0.238. The highest BCUT2D eigenvalue weighted by Crippen LogP contribution is 2.28. The van der Waals surface area contributed by atoms with Crippen LogP contribution < -0.4 is 4.90 Å². The Labute approximate surface area is 156 Å². The Hall–Kier alpha value is -3.15. The molecule has 1 amide bonds. The highest BCUT2D eigenvalue weighted by Gasteiger charge is 2.43. The molecule has 1 aliphatic rings. The lowest BCUT2D eigenvalue weighted by Gasteiger charge is -2.33. The molecular weight excluding hydrogens is 347 g/mol. The van der Waals surface area contributed by atoms with Crippen LogP contribution in [0.2, 0.25) is 0 Å². The lowest BCUT2D eigenvalue weighted by Crippen LogP contribution is -2.54. The van der Waals surface area contributed by atoms with Crippen LogP contribution in [0.5, 0.6) is 0 Å². The van der Waals surface area contributed by atoms with E-state index < -0.39 is 23.5 Å². The summed E-state index contributed by atoms with van der Waals surface area (Å²) in [4.78, 5) is 44.1. The Kier molecular flexibility index (Phi) is 5.26. The molecule has 1 unspecified atom stereocenters. The van der Waals surface area contributed by atoms with E-state index in [1.54, 1.807) is 24.3 Å². The number of anilines is 1. The molecule has 0 heterocycles. The van der Waals surface area contributed by atoms with Gasteiger partial charge in [0.2, 0.25) is 11.7 Å². The van der Waals surface area contributed by atoms with Crippen molar-refractivity contribution in [3.8, 4) is 0 Å². The van der Waals surface area contributed by atoms with Crippen molar-refractivity contribution in [1.29, 1.82) is 0 Å². The number of carbonyl (C=O) groups is 3. The van der Waals surface area contributed by atoms with Gasteiger partial charge < -0.3 is 0 Å². The van der Waals surface area contributed by atoms with Crippen LogP contribution in [0, 0.1) is 5.82 Å². The largest absolute Gasteiger partial charge is 0.296 e. The molecule has 0 saturated carbocycles. The Bertz CT molecular complexity index is 952. The first-order valence-electron chi connectivity index (χ1n) is 8.73. The molecule has 0 fully saturated rings. The van der Waals surface area contributed by atoms with E-state index >= 15 is 0 Å². The monoisotopic (exact) mass is 366 g/mol. The minimum Gasteiger partial charge on any atom is -0.296 e. The van der Waals surface area contributed by atoms with Crippen molar-refractivity contribution in [2.75, 3.05) is 11.4 Å². The van der Waals surface area contributed by atoms with E-state index in [4.69, 9.17) is 0 Å². The Morgan fingerprint density at radius 2 is 1.81 bits per heavy atom. The van der Waals surface area contributed by atoms with E-state index in [-0.39, 0.29) is 28.3 Å². The van der Waals surface area contributed by atoms with E-state index in [1.165, 1.54) is 25.1 Å². The average molecular weight is 366 g/mol. The van der Waals surface area contributed by atoms with Gasteiger partial charge in [0.05, 0.1) is 0 Å². The molecule has 2 aromatic rings. The molecular formula is C21H19FN2O3. The van der Waals surface area contributed by atoms with Gasteiger partial charge in [0, 0.05) is 30.3 Å². The van der Waals surface area contributed by atoms with Crippen molar-refractivity contribution < 1.29 is 18.8 Å². The first-order valence-corrected chi connectivity index (χ1v) is 8.73. The SMILES string of the molecule is CCCN=C1C(=O)c2ccccc2C(=O)C1N(C(C)=O)c1cccc(F)c1. The number of carbonyl (C=O) groups excluding carboxylic acids is 3. The summed E-state index contributed by atoms with van der Waals surface area (Å²) in [5.74, 6) is -1.80. The summed E-state index contributed by atoms with van der Waals surface area (Å²) in [5, 5.41) is 0. The van der Waals surface area contributed by atoms with Crippen molar-refractivity contribution >= 4 is 28.9 Å². The smallest absolute Gasteiger partial charge is 0.224 e. The number of fused-ring (bicyclic) bond motifs is 1. The third-order valence-electron chi connectivity index (χ3n) is 4.37. The van der Waals surface area contributed by atoms with E-state index in [9.17, 15) is 18.8 Å². The number of nitrogens with zero attached hydrogens (tertiary/aromatic N) is 2. The maximum Gasteiger partial charge on any atom is 0.224 e. The van der Waals surface area contributed by atoms with Gasteiger partial charge in [-0.1, -0.05) is 37.3 Å². The number of halogens is 1. The Morgan fingerprint density at radius 3 is 2.44 bits per heavy atom. The molecule has 6 heteroatoms. The third-order valence-corrected chi connectivity index (χ3v) is 4.37. The molecule has 0 aliphatic heterocycles. The third kappa shape index (κ3) is 3.43. The molecule has 5 nitrogen and oxygen atoms in total. The number of hydrogen-bond donors (Lipinski definition) is 0. The van der Waals surface area contributed by atoms with Crippen LogP contribution in [0.25, 0.3) is 0 Å². The zero-order valence-electron chi connectivity index (χ0n) is 15.1. The summed E-state index contributed by atoms with van der Waals surface area (Å²) in [7, 11) is 0. The summed E-state index contributed by atoms with van der Waals surface area (Å²) in [6.07, 6.45) is 0.680. The van der Waals surface area contributed by atoms with Crippen molar-refractivity contribution in [2.45, 2.75) is 26.3 Å². The summed E-state index contributed by atoms with van der Waals surface area (Å²) >= 11 is 0. The van der Waals surface area contributed by atoms with Crippen molar-refractivity contribution in [3.05, 3.63) is 65.5 Å². The summed E-state index contributed by atoms with van der Waals surface area (Å²) in [5.41, 5.74) is 0.735. The highest BCUT2D eigenvalue weighted by atomic mass is 19.1. The second-order valence-corrected chi connectivity index (χ2v) is 6.28. The zero-order chi connectivity index (χ0) is 19.6. The van der Waals surface area contributed by atoms with Gasteiger partial charge in [0.25, 0.3) is 0 Å². The molecule has 1 atom stereocenters. The standard InChI is InChI=1S/C21H19FN2O3/c1-3-11-23-18-19(21(27)17-10-5-4-9-16(17)20(18)26)24(13(2)25)15-8-6-7-14(22)12-15/h4-10,12,19H,3,11H2,1-2H3. The summed E-state index contributed by atoms with van der Waals surface area (Å²) in [6.45, 7) is 3.53. The van der Waals surface area contributed by atoms with Crippen molar-refractivity contribution in [1.82, 2.24) is 0 Å². The molecule has 3 rings (SSSR count). The van der Waals surface area contributed by atoms with Gasteiger partial charge in [0.1, 0.15) is 17.6 Å². The van der Waals surface area contributed by atoms with Gasteiger partial charge in [-0.05, 0) is 24.6 Å². The average Bonchev–Trinajstić information content (AvgIpc) is 2.65. The van der Waals surface area contributed by atoms with Gasteiger partial charge in [-0.25, -0.2) is 4.39 Å². The normalized spacial score (nSPS) is 17.7. The number of hydrogen-bond acceptors (Lipinski definition) is 4. The van der Waals surface area contributed by atoms with E-state index in [2.05, 4.69) is 4.99 Å². The van der Waals surface area contributed by atoms with Crippen LogP contribution in [-0.4, -0.2) is 35.8 Å². The minimum absolute atomic E-state index is 0.0139. The fourth-order valence-electron chi connectivity index (χ4n) is 3.20. The lowest BCUT2D eigenvalue weighted by atomic mass is 9.83. The number of ketones is 2. The quantitative estimate of drug-likeness (QED) is 0.832. The van der Waals surface area contributed by atoms with Gasteiger partial charge in [-0.15, -0.1) is 0 Å². The number of rotatable bonds is 4. The second-order valence-electron chi connectivity index (χ2n) is 6.28. The van der Waals surface area contributed by atoms with E-state index in [0.29, 0.717) is 13.0 Å². The molecule has 138 valence electrons. The van der Waals surface area contributed by atoms with Crippen LogP contribution >= 0.6 is 0 Å². The van der Waals surface area contributed by atoms with Gasteiger partial charge >= 0.3 is 0 Å². The van der Waals surface area contributed by atoms with Crippen LogP contribution in [0.4, 0.5) is 10.1 Å². The second kappa shape index (κ2) is 7.61. The number of benzene rings is 2. The number of aliphatic imine (C=N–C) groups is 1. The molecule has 0 aromatic heterocycles. The minimum atomic E-state index is -1.21. The molecule has 0 saturated heterocycles. The van der Waals surface area contributed by atoms with Crippen LogP contribution in [0.15, 0.2) is 53.5 Å². The van der Waals surface area contributed by atoms with Crippen LogP contribution in [-0.2, 0) is 4.79 Å². The summed E-state index contributed by atoms with van der Waals surface area (Å²) < 4.78 is 13.8.